The van der Waals surface area contributed by atoms with Gasteiger partial charge in [-0.15, -0.1) is 5.10 Å². The van der Waals surface area contributed by atoms with Gasteiger partial charge in [-0.2, -0.15) is 4.98 Å². The number of nitrogens with zero attached hydrogens (tertiary/aromatic N) is 3. The first kappa shape index (κ1) is 18.6. The van der Waals surface area contributed by atoms with Crippen molar-refractivity contribution in [3.05, 3.63) is 53.8 Å². The Hall–Kier alpha value is -3.75. The zero-order chi connectivity index (χ0) is 20.5. The van der Waals surface area contributed by atoms with Gasteiger partial charge in [0.2, 0.25) is 17.8 Å². The van der Waals surface area contributed by atoms with Gasteiger partial charge in [0.25, 0.3) is 0 Å². The summed E-state index contributed by atoms with van der Waals surface area (Å²) in [5.74, 6) is -0.178. The minimum Gasteiger partial charge on any atom is -0.495 e. The normalized spacial score (nSPS) is 15.4. The number of ether oxygens (including phenoxy) is 1. The molecule has 0 fully saturated rings. The van der Waals surface area contributed by atoms with E-state index in [-0.39, 0.29) is 29.9 Å². The quantitative estimate of drug-likeness (QED) is 0.708. The molecule has 3 aromatic rings. The molecule has 0 saturated heterocycles. The van der Waals surface area contributed by atoms with E-state index in [0.717, 1.165) is 5.56 Å². The number of rotatable bonds is 4. The second kappa shape index (κ2) is 7.34. The maximum Gasteiger partial charge on any atom is 0.250 e. The summed E-state index contributed by atoms with van der Waals surface area (Å²) >= 11 is 0. The van der Waals surface area contributed by atoms with Crippen molar-refractivity contribution in [2.24, 2.45) is 0 Å². The third-order valence-corrected chi connectivity index (χ3v) is 4.57. The van der Waals surface area contributed by atoms with Crippen LogP contribution in [0.5, 0.6) is 5.75 Å². The molecule has 2 heterocycles. The summed E-state index contributed by atoms with van der Waals surface area (Å²) in [6, 6.07) is 10.2. The number of carbonyl (C=O) groups is 2. The number of aromatic nitrogens is 3. The molecule has 1 aromatic heterocycles. The lowest BCUT2D eigenvalue weighted by molar-refractivity contribution is -0.125. The Bertz CT molecular complexity index is 1090. The van der Waals surface area contributed by atoms with Gasteiger partial charge in [0.1, 0.15) is 17.6 Å². The van der Waals surface area contributed by atoms with Crippen molar-refractivity contribution in [1.82, 2.24) is 14.8 Å². The molecule has 8 nitrogen and oxygen atoms in total. The van der Waals surface area contributed by atoms with Gasteiger partial charge in [-0.1, -0.05) is 6.07 Å². The minimum atomic E-state index is -0.884. The highest BCUT2D eigenvalue weighted by Crippen LogP contribution is 2.30. The van der Waals surface area contributed by atoms with Gasteiger partial charge < -0.3 is 10.1 Å². The largest absolute Gasteiger partial charge is 0.495 e. The van der Waals surface area contributed by atoms with E-state index >= 15 is 0 Å². The summed E-state index contributed by atoms with van der Waals surface area (Å²) in [4.78, 5) is 29.4. The van der Waals surface area contributed by atoms with Gasteiger partial charge in [-0.3, -0.25) is 14.9 Å². The van der Waals surface area contributed by atoms with Crippen LogP contribution < -0.4 is 15.4 Å². The number of fused-ring (bicyclic) bond motifs is 1. The summed E-state index contributed by atoms with van der Waals surface area (Å²) < 4.78 is 19.8. The molecule has 1 aliphatic heterocycles. The maximum atomic E-state index is 13.2. The van der Waals surface area contributed by atoms with Crippen molar-refractivity contribution in [2.75, 3.05) is 17.7 Å². The third kappa shape index (κ3) is 3.66. The van der Waals surface area contributed by atoms with Crippen molar-refractivity contribution in [3.63, 3.8) is 0 Å². The van der Waals surface area contributed by atoms with Crippen molar-refractivity contribution in [2.45, 2.75) is 19.4 Å². The lowest BCUT2D eigenvalue weighted by Crippen LogP contribution is -2.36. The summed E-state index contributed by atoms with van der Waals surface area (Å²) in [6.07, 6.45) is -0.0841. The smallest absolute Gasteiger partial charge is 0.250 e. The molecule has 29 heavy (non-hydrogen) atoms. The Balaban J connectivity index is 1.66. The number of anilines is 2. The van der Waals surface area contributed by atoms with E-state index < -0.39 is 11.9 Å². The van der Waals surface area contributed by atoms with Crippen LogP contribution in [0.2, 0.25) is 0 Å². The van der Waals surface area contributed by atoms with Crippen molar-refractivity contribution in [1.29, 1.82) is 0 Å². The van der Waals surface area contributed by atoms with Crippen LogP contribution >= 0.6 is 0 Å². The Kier molecular flexibility index (Phi) is 4.71. The third-order valence-electron chi connectivity index (χ3n) is 4.57. The summed E-state index contributed by atoms with van der Waals surface area (Å²) in [6.45, 7) is 1.90. The molecule has 0 saturated carbocycles. The average molecular weight is 395 g/mol. The van der Waals surface area contributed by atoms with E-state index in [1.807, 2.05) is 13.0 Å². The number of halogens is 1. The van der Waals surface area contributed by atoms with E-state index in [0.29, 0.717) is 17.0 Å². The molecule has 2 amide bonds. The van der Waals surface area contributed by atoms with Crippen LogP contribution in [0.1, 0.15) is 18.0 Å². The van der Waals surface area contributed by atoms with Gasteiger partial charge in [-0.05, 0) is 48.9 Å². The molecule has 0 aliphatic carbocycles. The summed E-state index contributed by atoms with van der Waals surface area (Å²) in [5, 5.41) is 9.79. The number of aryl methyl sites for hydroxylation is 1. The highest BCUT2D eigenvalue weighted by molar-refractivity contribution is 6.01. The predicted molar refractivity (Wildman–Crippen MR) is 104 cm³/mol. The Labute approximate surface area is 165 Å². The van der Waals surface area contributed by atoms with Crippen LogP contribution in [0.4, 0.5) is 16.0 Å². The van der Waals surface area contributed by atoms with Gasteiger partial charge in [0, 0.05) is 5.56 Å². The van der Waals surface area contributed by atoms with Gasteiger partial charge in [-0.25, -0.2) is 9.07 Å². The summed E-state index contributed by atoms with van der Waals surface area (Å²) in [5.41, 5.74) is 2.02. The molecule has 1 aliphatic rings. The van der Waals surface area contributed by atoms with Gasteiger partial charge >= 0.3 is 0 Å². The first-order valence-electron chi connectivity index (χ1n) is 8.92. The number of methoxy groups -OCH3 is 1. The number of benzene rings is 2. The van der Waals surface area contributed by atoms with Gasteiger partial charge in [0.15, 0.2) is 5.82 Å². The van der Waals surface area contributed by atoms with Crippen LogP contribution in [0.3, 0.4) is 0 Å². The second-order valence-corrected chi connectivity index (χ2v) is 6.67. The number of hydrogen-bond acceptors (Lipinski definition) is 5. The Morgan fingerprint density at radius 1 is 1.28 bits per heavy atom. The molecule has 9 heteroatoms. The van der Waals surface area contributed by atoms with Crippen LogP contribution in [-0.4, -0.2) is 33.7 Å². The minimum absolute atomic E-state index is 0.0841. The zero-order valence-electron chi connectivity index (χ0n) is 15.8. The summed E-state index contributed by atoms with van der Waals surface area (Å²) in [7, 11) is 1.51. The molecule has 1 unspecified atom stereocenters. The topological polar surface area (TPSA) is 98.1 Å². The molecule has 0 bridgehead atoms. The van der Waals surface area contributed by atoms with E-state index in [9.17, 15) is 14.0 Å². The highest BCUT2D eigenvalue weighted by atomic mass is 19.1. The molecular formula is C20H18FN5O3. The first-order chi connectivity index (χ1) is 13.9. The number of nitrogens with one attached hydrogen (secondary N) is 2. The van der Waals surface area contributed by atoms with Crippen molar-refractivity contribution >= 4 is 23.5 Å². The zero-order valence-corrected chi connectivity index (χ0v) is 15.8. The molecule has 148 valence electrons. The number of amides is 2. The van der Waals surface area contributed by atoms with Crippen LogP contribution in [0, 0.1) is 12.7 Å². The van der Waals surface area contributed by atoms with E-state index in [4.69, 9.17) is 4.74 Å². The molecule has 2 N–H and O–H groups in total. The van der Waals surface area contributed by atoms with E-state index in [2.05, 4.69) is 20.7 Å². The lowest BCUT2D eigenvalue weighted by Gasteiger charge is -2.23. The second-order valence-electron chi connectivity index (χ2n) is 6.67. The molecule has 0 spiro atoms. The van der Waals surface area contributed by atoms with Crippen molar-refractivity contribution in [3.8, 4) is 17.1 Å². The first-order valence-corrected chi connectivity index (χ1v) is 8.92. The number of hydrogen-bond donors (Lipinski definition) is 2. The molecular weight excluding hydrogens is 377 g/mol. The Morgan fingerprint density at radius 2 is 2.03 bits per heavy atom. The lowest BCUT2D eigenvalue weighted by atomic mass is 10.1. The molecule has 1 atom stereocenters. The maximum absolute atomic E-state index is 13.2. The monoisotopic (exact) mass is 395 g/mol. The number of carbonyl (C=O) groups excluding carboxylic acids is 2. The molecule has 4 rings (SSSR count). The van der Waals surface area contributed by atoms with E-state index in [1.165, 1.54) is 36.1 Å². The van der Waals surface area contributed by atoms with Crippen LogP contribution in [0.15, 0.2) is 42.5 Å². The highest BCUT2D eigenvalue weighted by Gasteiger charge is 2.33. The predicted octanol–water partition coefficient (Wildman–Crippen LogP) is 2.92. The van der Waals surface area contributed by atoms with Gasteiger partial charge in [0.05, 0.1) is 19.2 Å². The molecule has 2 aromatic carbocycles. The average Bonchev–Trinajstić information content (AvgIpc) is 3.11. The fraction of sp³-hybridized carbons (Fsp3) is 0.200. The standard InChI is InChI=1S/C20H18FN5O3/c1-11-3-8-16(29-2)14(9-11)22-19(28)15-10-17(27)23-20-24-18(25-26(15)20)12-4-6-13(21)7-5-12/h3-9,15H,10H2,1-2H3,(H,22,28)(H,23,24,25,27). The van der Waals surface area contributed by atoms with E-state index in [1.54, 1.807) is 12.1 Å². The SMILES string of the molecule is COc1ccc(C)cc1NC(=O)C1CC(=O)Nc2nc(-c3ccc(F)cc3)nn21. The molecule has 0 radical (unpaired) electrons. The van der Waals surface area contributed by atoms with Crippen LogP contribution in [0.25, 0.3) is 11.4 Å². The Morgan fingerprint density at radius 3 is 2.76 bits per heavy atom. The fourth-order valence-corrected chi connectivity index (χ4v) is 3.12. The van der Waals surface area contributed by atoms with Crippen molar-refractivity contribution < 1.29 is 18.7 Å². The van der Waals surface area contributed by atoms with Crippen LogP contribution in [-0.2, 0) is 9.59 Å². The fourth-order valence-electron chi connectivity index (χ4n) is 3.12.